The lowest BCUT2D eigenvalue weighted by Crippen LogP contribution is -2.58. The smallest absolute Gasteiger partial charge is 0.326 e. The highest BCUT2D eigenvalue weighted by molar-refractivity contribution is 5.96. The molecule has 0 aromatic heterocycles. The number of nitrogens with two attached hydrogens (primary N) is 2. The molecule has 2 rings (SSSR count). The molecule has 0 radical (unpaired) electrons. The second kappa shape index (κ2) is 13.2. The molecule has 4 atom stereocenters. The summed E-state index contributed by atoms with van der Waals surface area (Å²) < 4.78 is 0. The lowest BCUT2D eigenvalue weighted by molar-refractivity contribution is -0.149. The summed E-state index contributed by atoms with van der Waals surface area (Å²) in [6, 6.07) is 3.76. The molecular formula is C23H31N5O8. The highest BCUT2D eigenvalue weighted by Crippen LogP contribution is 2.20. The van der Waals surface area contributed by atoms with Crippen molar-refractivity contribution in [2.45, 2.75) is 62.7 Å². The number of hydrogen-bond acceptors (Lipinski definition) is 7. The van der Waals surface area contributed by atoms with Crippen LogP contribution in [0.5, 0.6) is 0 Å². The van der Waals surface area contributed by atoms with Crippen LogP contribution in [0.4, 0.5) is 0 Å². The van der Waals surface area contributed by atoms with Crippen LogP contribution < -0.4 is 22.1 Å². The Kier molecular flexibility index (Phi) is 10.3. The van der Waals surface area contributed by atoms with Crippen molar-refractivity contribution in [1.29, 1.82) is 0 Å². The van der Waals surface area contributed by atoms with Gasteiger partial charge in [0.05, 0.1) is 12.5 Å². The van der Waals surface area contributed by atoms with Gasteiger partial charge >= 0.3 is 11.9 Å². The maximum absolute atomic E-state index is 13.3. The van der Waals surface area contributed by atoms with Gasteiger partial charge in [-0.3, -0.25) is 24.0 Å². The van der Waals surface area contributed by atoms with Crippen molar-refractivity contribution in [1.82, 2.24) is 15.5 Å². The van der Waals surface area contributed by atoms with Crippen molar-refractivity contribution in [2.75, 3.05) is 6.54 Å². The maximum atomic E-state index is 13.3. The number of amides is 4. The third-order valence-corrected chi connectivity index (χ3v) is 5.76. The van der Waals surface area contributed by atoms with Gasteiger partial charge in [0.15, 0.2) is 0 Å². The molecule has 1 aromatic rings. The first-order valence-electron chi connectivity index (χ1n) is 11.4. The summed E-state index contributed by atoms with van der Waals surface area (Å²) in [4.78, 5) is 73.9. The van der Waals surface area contributed by atoms with Crippen molar-refractivity contribution in [3.05, 3.63) is 35.9 Å². The van der Waals surface area contributed by atoms with Gasteiger partial charge in [0, 0.05) is 19.4 Å². The number of nitrogens with one attached hydrogen (secondary N) is 2. The zero-order valence-corrected chi connectivity index (χ0v) is 19.6. The van der Waals surface area contributed by atoms with E-state index in [1.807, 2.05) is 0 Å². The Bertz CT molecular complexity index is 986. The summed E-state index contributed by atoms with van der Waals surface area (Å²) in [6.07, 6.45) is -0.381. The van der Waals surface area contributed by atoms with Gasteiger partial charge in [0.25, 0.3) is 0 Å². The number of carboxylic acid groups (broad SMARTS) is 2. The standard InChI is InChI=1S/C23H31N5O8/c24-14(8-9-19(30)31)20(32)26-15(12-18(25)29)21(33)27-16(11-13-5-2-1-3-6-13)22(34)28-10-4-7-17(28)23(35)36/h1-3,5-6,14-17H,4,7-12,24H2,(H2,25,29)(H,26,32)(H,27,33)(H,30,31)(H,35,36). The summed E-state index contributed by atoms with van der Waals surface area (Å²) in [5.74, 6) is -5.60. The van der Waals surface area contributed by atoms with E-state index in [1.165, 1.54) is 4.90 Å². The zero-order valence-electron chi connectivity index (χ0n) is 19.6. The minimum atomic E-state index is -1.48. The molecule has 1 aliphatic heterocycles. The third-order valence-electron chi connectivity index (χ3n) is 5.76. The molecule has 13 nitrogen and oxygen atoms in total. The number of hydrogen-bond donors (Lipinski definition) is 6. The van der Waals surface area contributed by atoms with Crippen LogP contribution in [-0.4, -0.2) is 81.4 Å². The fourth-order valence-corrected chi connectivity index (χ4v) is 3.91. The van der Waals surface area contributed by atoms with Gasteiger partial charge in [0.1, 0.15) is 18.1 Å². The zero-order chi connectivity index (χ0) is 26.8. The van der Waals surface area contributed by atoms with E-state index in [1.54, 1.807) is 30.3 Å². The van der Waals surface area contributed by atoms with Crippen LogP contribution in [0.3, 0.4) is 0 Å². The van der Waals surface area contributed by atoms with Gasteiger partial charge in [-0.25, -0.2) is 4.79 Å². The fourth-order valence-electron chi connectivity index (χ4n) is 3.91. The van der Waals surface area contributed by atoms with E-state index in [-0.39, 0.29) is 32.2 Å². The monoisotopic (exact) mass is 505 g/mol. The van der Waals surface area contributed by atoms with Gasteiger partial charge in [-0.1, -0.05) is 30.3 Å². The normalized spacial score (nSPS) is 17.5. The molecule has 1 fully saturated rings. The predicted octanol–water partition coefficient (Wildman–Crippen LogP) is -1.66. The molecule has 1 saturated heterocycles. The van der Waals surface area contributed by atoms with Crippen LogP contribution >= 0.6 is 0 Å². The third kappa shape index (κ3) is 8.34. The first kappa shape index (κ1) is 28.2. The van der Waals surface area contributed by atoms with Crippen LogP contribution in [0.2, 0.25) is 0 Å². The van der Waals surface area contributed by atoms with Crippen LogP contribution in [0, 0.1) is 0 Å². The molecule has 0 aliphatic carbocycles. The molecule has 4 amide bonds. The van der Waals surface area contributed by atoms with E-state index in [0.29, 0.717) is 12.0 Å². The molecule has 0 bridgehead atoms. The summed E-state index contributed by atoms with van der Waals surface area (Å²) in [5.41, 5.74) is 11.6. The second-order valence-electron chi connectivity index (χ2n) is 8.55. The van der Waals surface area contributed by atoms with Crippen molar-refractivity contribution in [3.8, 4) is 0 Å². The van der Waals surface area contributed by atoms with Crippen molar-refractivity contribution in [2.24, 2.45) is 11.5 Å². The number of primary amides is 1. The van der Waals surface area contributed by atoms with Crippen molar-refractivity contribution < 1.29 is 39.0 Å². The highest BCUT2D eigenvalue weighted by atomic mass is 16.4. The van der Waals surface area contributed by atoms with Crippen LogP contribution in [0.15, 0.2) is 30.3 Å². The number of rotatable bonds is 13. The molecule has 4 unspecified atom stereocenters. The SMILES string of the molecule is NC(=O)CC(NC(=O)C(N)CCC(=O)O)C(=O)NC(Cc1ccccc1)C(=O)N1CCCC1C(=O)O. The maximum Gasteiger partial charge on any atom is 0.326 e. The molecule has 196 valence electrons. The molecule has 13 heteroatoms. The van der Waals surface area contributed by atoms with Gasteiger partial charge < -0.3 is 37.2 Å². The molecule has 8 N–H and O–H groups in total. The lowest BCUT2D eigenvalue weighted by Gasteiger charge is -2.29. The number of carbonyl (C=O) groups is 6. The minimum Gasteiger partial charge on any atom is -0.481 e. The quantitative estimate of drug-likeness (QED) is 0.180. The number of aliphatic carboxylic acids is 2. The fraction of sp³-hybridized carbons (Fsp3) is 0.478. The molecule has 0 saturated carbocycles. The Morgan fingerprint density at radius 3 is 2.22 bits per heavy atom. The summed E-state index contributed by atoms with van der Waals surface area (Å²) >= 11 is 0. The summed E-state index contributed by atoms with van der Waals surface area (Å²) in [5, 5.41) is 23.0. The first-order chi connectivity index (χ1) is 17.0. The molecule has 1 aliphatic rings. The molecule has 36 heavy (non-hydrogen) atoms. The van der Waals surface area contributed by atoms with Crippen LogP contribution in [-0.2, 0) is 35.2 Å². The van der Waals surface area contributed by atoms with Crippen molar-refractivity contribution in [3.63, 3.8) is 0 Å². The summed E-state index contributed by atoms with van der Waals surface area (Å²) in [7, 11) is 0. The minimum absolute atomic E-state index is 0.0314. The van der Waals surface area contributed by atoms with Gasteiger partial charge in [-0.2, -0.15) is 0 Å². The Morgan fingerprint density at radius 2 is 1.64 bits per heavy atom. The van der Waals surface area contributed by atoms with Crippen LogP contribution in [0.25, 0.3) is 0 Å². The number of nitrogens with zero attached hydrogens (tertiary/aromatic N) is 1. The van der Waals surface area contributed by atoms with E-state index in [4.69, 9.17) is 16.6 Å². The van der Waals surface area contributed by atoms with E-state index in [9.17, 15) is 33.9 Å². The molecule has 0 spiro atoms. The summed E-state index contributed by atoms with van der Waals surface area (Å²) in [6.45, 7) is 0.205. The van der Waals surface area contributed by atoms with Gasteiger partial charge in [-0.05, 0) is 24.8 Å². The van der Waals surface area contributed by atoms with E-state index < -0.39 is 66.2 Å². The predicted molar refractivity (Wildman–Crippen MR) is 125 cm³/mol. The lowest BCUT2D eigenvalue weighted by atomic mass is 10.0. The van der Waals surface area contributed by atoms with E-state index in [2.05, 4.69) is 10.6 Å². The van der Waals surface area contributed by atoms with Gasteiger partial charge in [0.2, 0.25) is 23.6 Å². The van der Waals surface area contributed by atoms with Crippen molar-refractivity contribution >= 4 is 35.6 Å². The Hall–Kier alpha value is -4.00. The topological polar surface area (TPSA) is 222 Å². The average molecular weight is 506 g/mol. The second-order valence-corrected chi connectivity index (χ2v) is 8.55. The largest absolute Gasteiger partial charge is 0.481 e. The number of carboxylic acids is 2. The Balaban J connectivity index is 2.22. The Morgan fingerprint density at radius 1 is 1.00 bits per heavy atom. The number of benzene rings is 1. The highest BCUT2D eigenvalue weighted by Gasteiger charge is 2.38. The molecule has 1 aromatic carbocycles. The van der Waals surface area contributed by atoms with Gasteiger partial charge in [-0.15, -0.1) is 0 Å². The number of carbonyl (C=O) groups excluding carboxylic acids is 4. The average Bonchev–Trinajstić information content (AvgIpc) is 3.31. The molecule has 1 heterocycles. The first-order valence-corrected chi connectivity index (χ1v) is 11.4. The Labute approximate surface area is 207 Å². The van der Waals surface area contributed by atoms with E-state index >= 15 is 0 Å². The number of likely N-dealkylation sites (tertiary alicyclic amines) is 1. The molecular weight excluding hydrogens is 474 g/mol. The van der Waals surface area contributed by atoms with E-state index in [0.717, 1.165) is 0 Å². The van der Waals surface area contributed by atoms with Crippen LogP contribution in [0.1, 0.15) is 37.7 Å².